The summed E-state index contributed by atoms with van der Waals surface area (Å²) in [5.41, 5.74) is 3.72. The first kappa shape index (κ1) is 25.5. The van der Waals surface area contributed by atoms with Crippen molar-refractivity contribution < 1.29 is 8.42 Å². The van der Waals surface area contributed by atoms with Gasteiger partial charge in [-0.3, -0.25) is 14.3 Å². The van der Waals surface area contributed by atoms with Gasteiger partial charge in [0, 0.05) is 17.7 Å². The van der Waals surface area contributed by atoms with E-state index in [2.05, 4.69) is 37.2 Å². The number of sulfone groups is 1. The summed E-state index contributed by atoms with van der Waals surface area (Å²) in [6.07, 6.45) is 9.25. The van der Waals surface area contributed by atoms with E-state index >= 15 is 0 Å². The highest BCUT2D eigenvalue weighted by molar-refractivity contribution is 7.91. The zero-order valence-corrected chi connectivity index (χ0v) is 23.0. The zero-order valence-electron chi connectivity index (χ0n) is 22.2. The Morgan fingerprint density at radius 3 is 2.49 bits per heavy atom. The average Bonchev–Trinajstić information content (AvgIpc) is 3.89. The number of anilines is 1. The molecule has 6 rings (SSSR count). The molecule has 0 aromatic carbocycles. The number of aryl methyl sites for hydroxylation is 1. The summed E-state index contributed by atoms with van der Waals surface area (Å²) in [7, 11) is -3.33. The van der Waals surface area contributed by atoms with E-state index in [0.717, 1.165) is 49.1 Å². The van der Waals surface area contributed by atoms with E-state index in [1.807, 2.05) is 6.92 Å². The summed E-state index contributed by atoms with van der Waals surface area (Å²) in [4.78, 5) is 41.4. The predicted octanol–water partition coefficient (Wildman–Crippen LogP) is 3.39. The average molecular weight is 547 g/mol. The van der Waals surface area contributed by atoms with Gasteiger partial charge < -0.3 is 5.32 Å². The molecule has 0 aliphatic heterocycles. The zero-order chi connectivity index (χ0) is 27.4. The first-order chi connectivity index (χ1) is 18.7. The van der Waals surface area contributed by atoms with Gasteiger partial charge >= 0.3 is 0 Å². The molecule has 4 aromatic heterocycles. The van der Waals surface area contributed by atoms with Crippen molar-refractivity contribution in [1.82, 2.24) is 34.5 Å². The van der Waals surface area contributed by atoms with Crippen LogP contribution in [0.5, 0.6) is 0 Å². The number of hydrogen-bond donors (Lipinski definition) is 1. The minimum atomic E-state index is -3.33. The fourth-order valence-corrected chi connectivity index (χ4v) is 5.60. The van der Waals surface area contributed by atoms with E-state index in [0.29, 0.717) is 28.6 Å². The van der Waals surface area contributed by atoms with Crippen molar-refractivity contribution in [2.45, 2.75) is 75.8 Å². The van der Waals surface area contributed by atoms with E-state index in [9.17, 15) is 13.2 Å². The minimum absolute atomic E-state index is 0.00826. The van der Waals surface area contributed by atoms with Gasteiger partial charge in [-0.2, -0.15) is 0 Å². The van der Waals surface area contributed by atoms with Crippen molar-refractivity contribution in [2.75, 3.05) is 11.1 Å². The number of fused-ring (bicyclic) bond motifs is 1. The molecule has 39 heavy (non-hydrogen) atoms. The smallest absolute Gasteiger partial charge is 0.295 e. The van der Waals surface area contributed by atoms with Crippen LogP contribution in [0.3, 0.4) is 0 Å². The van der Waals surface area contributed by atoms with E-state index in [4.69, 9.17) is 4.98 Å². The van der Waals surface area contributed by atoms with Gasteiger partial charge in [-0.05, 0) is 51.2 Å². The van der Waals surface area contributed by atoms with E-state index in [-0.39, 0.29) is 34.1 Å². The van der Waals surface area contributed by atoms with Gasteiger partial charge in [0.2, 0.25) is 0 Å². The van der Waals surface area contributed by atoms with Crippen LogP contribution in [0.4, 0.5) is 5.82 Å². The molecule has 4 heterocycles. The monoisotopic (exact) mass is 546 g/mol. The molecule has 4 aromatic rings. The molecule has 2 saturated carbocycles. The quantitative estimate of drug-likeness (QED) is 0.331. The van der Waals surface area contributed by atoms with Gasteiger partial charge in [0.25, 0.3) is 5.56 Å². The van der Waals surface area contributed by atoms with Gasteiger partial charge in [-0.25, -0.2) is 33.3 Å². The second-order valence-electron chi connectivity index (χ2n) is 10.5. The van der Waals surface area contributed by atoms with Crippen LogP contribution in [0, 0.1) is 0 Å². The van der Waals surface area contributed by atoms with Crippen molar-refractivity contribution >= 4 is 26.8 Å². The molecular weight excluding hydrogens is 516 g/mol. The molecular formula is C27H30N8O3S. The van der Waals surface area contributed by atoms with E-state index in [1.54, 1.807) is 30.1 Å². The number of nitrogens with zero attached hydrogens (tertiary/aromatic N) is 7. The Hall–Kier alpha value is -3.80. The molecule has 0 saturated heterocycles. The Kier molecular flexibility index (Phi) is 6.17. The van der Waals surface area contributed by atoms with Crippen LogP contribution in [0.25, 0.3) is 22.6 Å². The maximum atomic E-state index is 13.7. The molecule has 2 aliphatic carbocycles. The van der Waals surface area contributed by atoms with E-state index in [1.165, 1.54) is 12.3 Å². The predicted molar refractivity (Wildman–Crippen MR) is 146 cm³/mol. The molecule has 2 aliphatic rings. The van der Waals surface area contributed by atoms with E-state index < -0.39 is 9.84 Å². The third-order valence-corrected chi connectivity index (χ3v) is 9.28. The molecule has 0 bridgehead atoms. The highest BCUT2D eigenvalue weighted by atomic mass is 32.2. The summed E-state index contributed by atoms with van der Waals surface area (Å²) >= 11 is 0. The Morgan fingerprint density at radius 1 is 1.05 bits per heavy atom. The van der Waals surface area contributed by atoms with Crippen molar-refractivity contribution in [3.05, 3.63) is 58.3 Å². The molecule has 0 spiro atoms. The number of rotatable bonds is 9. The summed E-state index contributed by atoms with van der Waals surface area (Å²) in [6, 6.07) is 3.17. The fourth-order valence-electron chi connectivity index (χ4n) is 4.78. The van der Waals surface area contributed by atoms with Gasteiger partial charge in [-0.15, -0.1) is 0 Å². The number of nitrogens with one attached hydrogen (secondary N) is 1. The molecule has 0 radical (unpaired) electrons. The third-order valence-electron chi connectivity index (χ3n) is 7.56. The Labute approximate surface area is 226 Å². The van der Waals surface area contributed by atoms with Gasteiger partial charge in [-0.1, -0.05) is 13.8 Å². The molecule has 11 nitrogen and oxygen atoms in total. The Bertz CT molecular complexity index is 1740. The van der Waals surface area contributed by atoms with Crippen LogP contribution in [0.15, 0.2) is 40.5 Å². The summed E-state index contributed by atoms with van der Waals surface area (Å²) in [5, 5.41) is 3.10. The standard InChI is InChI=1S/C27H30N8O3S/c1-4-19-21(22(16-6-7-16)32-15-31-19)23-30-14-20-25(34-23)35(27(3)10-11-27)26(36)24(33-20)29-12-17-8-9-18(13-28-17)39(37,38)5-2/h8-9,13-16H,4-7,10-12H2,1-3H3,(H,29,33). The van der Waals surface area contributed by atoms with Crippen LogP contribution in [0.1, 0.15) is 69.5 Å². The maximum absolute atomic E-state index is 13.7. The fraction of sp³-hybridized carbons (Fsp3) is 0.444. The van der Waals surface area contributed by atoms with Crippen molar-refractivity contribution in [3.8, 4) is 11.4 Å². The van der Waals surface area contributed by atoms with Crippen molar-refractivity contribution in [3.63, 3.8) is 0 Å². The lowest BCUT2D eigenvalue weighted by atomic mass is 10.1. The third kappa shape index (κ3) is 4.66. The number of pyridine rings is 1. The topological polar surface area (TPSA) is 146 Å². The molecule has 1 N–H and O–H groups in total. The summed E-state index contributed by atoms with van der Waals surface area (Å²) in [6.45, 7) is 5.90. The highest BCUT2D eigenvalue weighted by Crippen LogP contribution is 2.45. The van der Waals surface area contributed by atoms with Gasteiger partial charge in [0.15, 0.2) is 27.1 Å². The lowest BCUT2D eigenvalue weighted by Gasteiger charge is -2.18. The SMILES string of the molecule is CCc1ncnc(C2CC2)c1-c1ncc2nc(NCc3ccc(S(=O)(=O)CC)cn3)c(=O)n(C3(C)CC3)c2n1. The van der Waals surface area contributed by atoms with Crippen LogP contribution in [0.2, 0.25) is 0 Å². The largest absolute Gasteiger partial charge is 0.360 e. The maximum Gasteiger partial charge on any atom is 0.295 e. The molecule has 0 atom stereocenters. The summed E-state index contributed by atoms with van der Waals surface area (Å²) in [5.74, 6) is 1.10. The van der Waals surface area contributed by atoms with Crippen LogP contribution in [-0.4, -0.2) is 48.6 Å². The van der Waals surface area contributed by atoms with Crippen LogP contribution < -0.4 is 10.9 Å². The first-order valence-electron chi connectivity index (χ1n) is 13.3. The molecule has 0 unspecified atom stereocenters. The molecule has 12 heteroatoms. The normalized spacial score (nSPS) is 16.4. The first-order valence-corrected chi connectivity index (χ1v) is 15.0. The Morgan fingerprint density at radius 2 is 1.85 bits per heavy atom. The number of hydrogen-bond acceptors (Lipinski definition) is 10. The second kappa shape index (κ2) is 9.44. The lowest BCUT2D eigenvalue weighted by Crippen LogP contribution is -2.32. The molecule has 0 amide bonds. The lowest BCUT2D eigenvalue weighted by molar-refractivity contribution is 0.527. The van der Waals surface area contributed by atoms with Crippen molar-refractivity contribution in [2.24, 2.45) is 0 Å². The number of aromatic nitrogens is 7. The highest BCUT2D eigenvalue weighted by Gasteiger charge is 2.42. The minimum Gasteiger partial charge on any atom is -0.360 e. The molecule has 2 fully saturated rings. The summed E-state index contributed by atoms with van der Waals surface area (Å²) < 4.78 is 25.9. The van der Waals surface area contributed by atoms with Gasteiger partial charge in [0.05, 0.1) is 46.0 Å². The van der Waals surface area contributed by atoms with Crippen LogP contribution in [-0.2, 0) is 28.3 Å². The second-order valence-corrected chi connectivity index (χ2v) is 12.7. The van der Waals surface area contributed by atoms with Gasteiger partial charge in [0.1, 0.15) is 11.8 Å². The Balaban J connectivity index is 1.39. The molecule has 202 valence electrons. The van der Waals surface area contributed by atoms with Crippen molar-refractivity contribution in [1.29, 1.82) is 0 Å². The van der Waals surface area contributed by atoms with Crippen LogP contribution >= 0.6 is 0 Å².